The van der Waals surface area contributed by atoms with Gasteiger partial charge in [-0.15, -0.1) is 0 Å². The Morgan fingerprint density at radius 2 is 1.86 bits per heavy atom. The van der Waals surface area contributed by atoms with Crippen LogP contribution in [0, 0.1) is 5.92 Å². The number of hydrogen-bond acceptors (Lipinski definition) is 4. The van der Waals surface area contributed by atoms with Crippen molar-refractivity contribution < 1.29 is 23.1 Å². The highest BCUT2D eigenvalue weighted by Gasteiger charge is 2.37. The number of carboxylic acids is 1. The van der Waals surface area contributed by atoms with Crippen LogP contribution in [-0.4, -0.2) is 37.2 Å². The van der Waals surface area contributed by atoms with Gasteiger partial charge in [-0.25, -0.2) is 13.2 Å². The molecule has 0 saturated heterocycles. The van der Waals surface area contributed by atoms with Gasteiger partial charge in [0, 0.05) is 6.42 Å². The van der Waals surface area contributed by atoms with E-state index in [4.69, 9.17) is 5.11 Å². The van der Waals surface area contributed by atoms with Crippen LogP contribution in [-0.2, 0) is 19.4 Å². The summed E-state index contributed by atoms with van der Waals surface area (Å²) in [5, 5.41) is 11.4. The average molecular weight is 311 g/mol. The fourth-order valence-corrected chi connectivity index (χ4v) is 3.29. The first kappa shape index (κ1) is 15.5. The number of benzene rings is 1. The minimum absolute atomic E-state index is 0.0304. The van der Waals surface area contributed by atoms with Crippen LogP contribution in [0.15, 0.2) is 35.2 Å². The molecule has 21 heavy (non-hydrogen) atoms. The molecule has 2 rings (SSSR count). The Bertz CT molecular complexity index is 622. The van der Waals surface area contributed by atoms with Crippen LogP contribution in [0.2, 0.25) is 0 Å². The molecular weight excluding hydrogens is 294 g/mol. The molecule has 1 aliphatic rings. The van der Waals surface area contributed by atoms with Gasteiger partial charge in [-0.3, -0.25) is 4.79 Å². The van der Waals surface area contributed by atoms with Crippen molar-refractivity contribution in [3.05, 3.63) is 30.3 Å². The van der Waals surface area contributed by atoms with Crippen molar-refractivity contribution in [2.75, 3.05) is 5.75 Å². The maximum absolute atomic E-state index is 12.0. The van der Waals surface area contributed by atoms with Gasteiger partial charge in [-0.1, -0.05) is 18.2 Å². The van der Waals surface area contributed by atoms with E-state index >= 15 is 0 Å². The maximum Gasteiger partial charge on any atom is 0.326 e. The Morgan fingerprint density at radius 3 is 2.38 bits per heavy atom. The first-order valence-corrected chi connectivity index (χ1v) is 8.35. The molecule has 114 valence electrons. The average Bonchev–Trinajstić information content (AvgIpc) is 3.28. The van der Waals surface area contributed by atoms with Crippen molar-refractivity contribution in [2.24, 2.45) is 5.92 Å². The van der Waals surface area contributed by atoms with E-state index in [9.17, 15) is 18.0 Å². The molecule has 0 spiro atoms. The van der Waals surface area contributed by atoms with Crippen LogP contribution in [0.25, 0.3) is 0 Å². The molecule has 1 unspecified atom stereocenters. The van der Waals surface area contributed by atoms with Crippen LogP contribution in [0.4, 0.5) is 0 Å². The molecule has 1 atom stereocenters. The summed E-state index contributed by atoms with van der Waals surface area (Å²) in [4.78, 5) is 22.9. The predicted molar refractivity (Wildman–Crippen MR) is 75.4 cm³/mol. The van der Waals surface area contributed by atoms with Gasteiger partial charge in [0.15, 0.2) is 9.84 Å². The minimum Gasteiger partial charge on any atom is -0.480 e. The third-order valence-electron chi connectivity index (χ3n) is 3.38. The molecule has 1 aromatic rings. The molecule has 0 bridgehead atoms. The third kappa shape index (κ3) is 4.29. The van der Waals surface area contributed by atoms with E-state index in [1.165, 1.54) is 12.1 Å². The van der Waals surface area contributed by atoms with E-state index in [1.807, 2.05) is 0 Å². The molecule has 0 aliphatic heterocycles. The van der Waals surface area contributed by atoms with E-state index in [2.05, 4.69) is 5.32 Å². The van der Waals surface area contributed by atoms with Crippen LogP contribution in [0.1, 0.15) is 19.3 Å². The first-order chi connectivity index (χ1) is 9.90. The lowest BCUT2D eigenvalue weighted by Gasteiger charge is -2.13. The van der Waals surface area contributed by atoms with Gasteiger partial charge in [0.05, 0.1) is 10.6 Å². The second kappa shape index (κ2) is 6.26. The summed E-state index contributed by atoms with van der Waals surface area (Å²) >= 11 is 0. The Labute approximate surface area is 123 Å². The Kier molecular flexibility index (Phi) is 4.62. The molecule has 1 saturated carbocycles. The molecular formula is C14H17NO5S. The van der Waals surface area contributed by atoms with E-state index in [0.717, 1.165) is 12.8 Å². The van der Waals surface area contributed by atoms with E-state index in [0.29, 0.717) is 0 Å². The minimum atomic E-state index is -3.52. The fourth-order valence-electron chi connectivity index (χ4n) is 2.03. The summed E-state index contributed by atoms with van der Waals surface area (Å²) in [6.45, 7) is 0. The standard InChI is InChI=1S/C14H17NO5S/c16-12(15-13(14(17)18)10-6-7-10)8-9-21(19,20)11-4-2-1-3-5-11/h1-5,10,13H,6-9H2,(H,15,16)(H,17,18). The molecule has 0 radical (unpaired) electrons. The highest BCUT2D eigenvalue weighted by atomic mass is 32.2. The summed E-state index contributed by atoms with van der Waals surface area (Å²) in [6, 6.07) is 6.96. The lowest BCUT2D eigenvalue weighted by Crippen LogP contribution is -2.42. The third-order valence-corrected chi connectivity index (χ3v) is 5.11. The van der Waals surface area contributed by atoms with Gasteiger partial charge in [0.1, 0.15) is 6.04 Å². The van der Waals surface area contributed by atoms with Gasteiger partial charge >= 0.3 is 5.97 Å². The zero-order valence-corrected chi connectivity index (χ0v) is 12.2. The second-order valence-corrected chi connectivity index (χ2v) is 7.21. The highest BCUT2D eigenvalue weighted by Crippen LogP contribution is 2.32. The normalized spacial score (nSPS) is 16.2. The molecule has 2 N–H and O–H groups in total. The largest absolute Gasteiger partial charge is 0.480 e. The number of nitrogens with one attached hydrogen (secondary N) is 1. The maximum atomic E-state index is 12.0. The molecule has 1 aromatic carbocycles. The summed E-state index contributed by atoms with van der Waals surface area (Å²) in [7, 11) is -3.52. The number of carboxylic acid groups (broad SMARTS) is 1. The van der Waals surface area contributed by atoms with Crippen molar-refractivity contribution in [3.63, 3.8) is 0 Å². The van der Waals surface area contributed by atoms with Gasteiger partial charge in [0.2, 0.25) is 5.91 Å². The summed E-state index contributed by atoms with van der Waals surface area (Å²) in [6.07, 6.45) is 1.31. The number of carbonyl (C=O) groups excluding carboxylic acids is 1. The van der Waals surface area contributed by atoms with Crippen molar-refractivity contribution in [2.45, 2.75) is 30.2 Å². The summed E-state index contributed by atoms with van der Waals surface area (Å²) < 4.78 is 24.0. The zero-order chi connectivity index (χ0) is 15.5. The van der Waals surface area contributed by atoms with Crippen LogP contribution in [0.3, 0.4) is 0 Å². The first-order valence-electron chi connectivity index (χ1n) is 6.70. The van der Waals surface area contributed by atoms with E-state index < -0.39 is 27.8 Å². The van der Waals surface area contributed by atoms with Gasteiger partial charge < -0.3 is 10.4 Å². The van der Waals surface area contributed by atoms with Gasteiger partial charge in [-0.2, -0.15) is 0 Å². The molecule has 6 nitrogen and oxygen atoms in total. The SMILES string of the molecule is O=C(CCS(=O)(=O)c1ccccc1)NC(C(=O)O)C1CC1. The molecule has 1 aliphatic carbocycles. The fraction of sp³-hybridized carbons (Fsp3) is 0.429. The van der Waals surface area contributed by atoms with Gasteiger partial charge in [0.25, 0.3) is 0 Å². The number of hydrogen-bond donors (Lipinski definition) is 2. The van der Waals surface area contributed by atoms with Gasteiger partial charge in [-0.05, 0) is 30.9 Å². The quantitative estimate of drug-likeness (QED) is 0.777. The molecule has 0 heterocycles. The molecule has 1 fully saturated rings. The van der Waals surface area contributed by atoms with Crippen LogP contribution in [0.5, 0.6) is 0 Å². The zero-order valence-electron chi connectivity index (χ0n) is 11.4. The topological polar surface area (TPSA) is 101 Å². The summed E-state index contributed by atoms with van der Waals surface area (Å²) in [5.41, 5.74) is 0. The van der Waals surface area contributed by atoms with Crippen molar-refractivity contribution >= 4 is 21.7 Å². The Morgan fingerprint density at radius 1 is 1.24 bits per heavy atom. The van der Waals surface area contributed by atoms with E-state index in [-0.39, 0.29) is 23.0 Å². The second-order valence-electron chi connectivity index (χ2n) is 5.10. The highest BCUT2D eigenvalue weighted by molar-refractivity contribution is 7.91. The van der Waals surface area contributed by atoms with E-state index in [1.54, 1.807) is 18.2 Å². The lowest BCUT2D eigenvalue weighted by atomic mass is 10.2. The van der Waals surface area contributed by atoms with Crippen LogP contribution >= 0.6 is 0 Å². The Balaban J connectivity index is 1.90. The summed E-state index contributed by atoms with van der Waals surface area (Å²) in [5.74, 6) is -1.98. The smallest absolute Gasteiger partial charge is 0.326 e. The number of rotatable bonds is 7. The molecule has 1 amide bonds. The number of amides is 1. The van der Waals surface area contributed by atoms with Crippen molar-refractivity contribution in [1.29, 1.82) is 0 Å². The predicted octanol–water partition coefficient (Wildman–Crippen LogP) is 0.830. The molecule has 7 heteroatoms. The number of aliphatic carboxylic acids is 1. The van der Waals surface area contributed by atoms with Crippen molar-refractivity contribution in [1.82, 2.24) is 5.32 Å². The van der Waals surface area contributed by atoms with Crippen LogP contribution < -0.4 is 5.32 Å². The monoisotopic (exact) mass is 311 g/mol. The Hall–Kier alpha value is -1.89. The van der Waals surface area contributed by atoms with Crippen molar-refractivity contribution in [3.8, 4) is 0 Å². The molecule has 0 aromatic heterocycles. The number of sulfone groups is 1. The number of carbonyl (C=O) groups is 2. The lowest BCUT2D eigenvalue weighted by molar-refractivity contribution is -0.142.